The summed E-state index contributed by atoms with van der Waals surface area (Å²) in [7, 11) is 0. The van der Waals surface area contributed by atoms with E-state index >= 15 is 0 Å². The summed E-state index contributed by atoms with van der Waals surface area (Å²) in [4.78, 5) is 24.0. The molecule has 0 aromatic carbocycles. The van der Waals surface area contributed by atoms with Crippen molar-refractivity contribution in [2.45, 2.75) is 20.3 Å². The number of carbonyl (C=O) groups excluding carboxylic acids is 1. The molecule has 1 aliphatic rings. The Balaban J connectivity index is 2.32. The molecular formula is C11H19NO3S. The minimum atomic E-state index is -0.863. The highest BCUT2D eigenvalue weighted by Gasteiger charge is 2.25. The van der Waals surface area contributed by atoms with Crippen molar-refractivity contribution in [1.29, 1.82) is 0 Å². The molecule has 1 fully saturated rings. The van der Waals surface area contributed by atoms with Crippen molar-refractivity contribution in [1.82, 2.24) is 4.90 Å². The number of piperidine rings is 1. The van der Waals surface area contributed by atoms with Crippen molar-refractivity contribution in [3.05, 3.63) is 0 Å². The third-order valence-corrected chi connectivity index (χ3v) is 3.57. The van der Waals surface area contributed by atoms with Gasteiger partial charge < -0.3 is 10.0 Å². The van der Waals surface area contributed by atoms with Gasteiger partial charge in [-0.2, -0.15) is 0 Å². The van der Waals surface area contributed by atoms with Gasteiger partial charge in [-0.05, 0) is 18.3 Å². The number of thioether (sulfide) groups is 1. The summed E-state index contributed by atoms with van der Waals surface area (Å²) in [5, 5.41) is 8.48. The highest BCUT2D eigenvalue weighted by atomic mass is 32.2. The van der Waals surface area contributed by atoms with Crippen LogP contribution in [-0.2, 0) is 9.59 Å². The fourth-order valence-electron chi connectivity index (χ4n) is 2.18. The Kier molecular flexibility index (Phi) is 5.12. The number of nitrogens with zero attached hydrogens (tertiary/aromatic N) is 1. The lowest BCUT2D eigenvalue weighted by atomic mass is 9.92. The standard InChI is InChI=1S/C11H19NO3S/c1-8-3-9(2)5-12(4-8)10(13)6-16-7-11(14)15/h8-9H,3-7H2,1-2H3,(H,14,15)/t8-,9+. The molecule has 1 N–H and O–H groups in total. The van der Waals surface area contributed by atoms with E-state index in [-0.39, 0.29) is 17.4 Å². The molecule has 1 rings (SSSR count). The van der Waals surface area contributed by atoms with Crippen LogP contribution in [0, 0.1) is 11.8 Å². The van der Waals surface area contributed by atoms with Crippen LogP contribution in [0.15, 0.2) is 0 Å². The van der Waals surface area contributed by atoms with Crippen LogP contribution in [0.1, 0.15) is 20.3 Å². The van der Waals surface area contributed by atoms with E-state index in [9.17, 15) is 9.59 Å². The number of carbonyl (C=O) groups is 2. The predicted octanol–water partition coefficient (Wildman–Crippen LogP) is 1.31. The van der Waals surface area contributed by atoms with E-state index in [1.165, 1.54) is 18.2 Å². The second-order valence-corrected chi connectivity index (χ2v) is 5.62. The van der Waals surface area contributed by atoms with Gasteiger partial charge in [-0.1, -0.05) is 13.8 Å². The first kappa shape index (κ1) is 13.4. The Morgan fingerprint density at radius 3 is 2.31 bits per heavy atom. The zero-order valence-electron chi connectivity index (χ0n) is 9.81. The van der Waals surface area contributed by atoms with Gasteiger partial charge >= 0.3 is 5.97 Å². The lowest BCUT2D eigenvalue weighted by Gasteiger charge is -2.35. The first-order chi connectivity index (χ1) is 7.49. The van der Waals surface area contributed by atoms with Crippen molar-refractivity contribution in [2.75, 3.05) is 24.6 Å². The molecule has 0 spiro atoms. The van der Waals surface area contributed by atoms with Crippen LogP contribution in [0.4, 0.5) is 0 Å². The molecule has 0 saturated carbocycles. The molecule has 0 radical (unpaired) electrons. The smallest absolute Gasteiger partial charge is 0.313 e. The molecular weight excluding hydrogens is 226 g/mol. The quantitative estimate of drug-likeness (QED) is 0.811. The molecule has 2 atom stereocenters. The van der Waals surface area contributed by atoms with Gasteiger partial charge in [0.25, 0.3) is 0 Å². The van der Waals surface area contributed by atoms with Gasteiger partial charge in [0.05, 0.1) is 11.5 Å². The monoisotopic (exact) mass is 245 g/mol. The van der Waals surface area contributed by atoms with Crippen LogP contribution in [0.3, 0.4) is 0 Å². The van der Waals surface area contributed by atoms with E-state index in [2.05, 4.69) is 13.8 Å². The fraction of sp³-hybridized carbons (Fsp3) is 0.818. The van der Waals surface area contributed by atoms with E-state index in [0.717, 1.165) is 13.1 Å². The summed E-state index contributed by atoms with van der Waals surface area (Å²) in [5.74, 6) is 0.605. The van der Waals surface area contributed by atoms with Gasteiger partial charge in [-0.3, -0.25) is 9.59 Å². The number of carboxylic acid groups (broad SMARTS) is 1. The van der Waals surface area contributed by atoms with E-state index in [4.69, 9.17) is 5.11 Å². The molecule has 16 heavy (non-hydrogen) atoms. The summed E-state index contributed by atoms with van der Waals surface area (Å²) in [6, 6.07) is 0. The van der Waals surface area contributed by atoms with Crippen LogP contribution < -0.4 is 0 Å². The Hall–Kier alpha value is -0.710. The molecule has 4 nitrogen and oxygen atoms in total. The molecule has 1 amide bonds. The second-order valence-electron chi connectivity index (χ2n) is 4.63. The Labute approximate surface area is 100 Å². The third kappa shape index (κ3) is 4.43. The number of hydrogen-bond donors (Lipinski definition) is 1. The SMILES string of the molecule is C[C@@H]1C[C@H](C)CN(C(=O)CSCC(=O)O)C1. The molecule has 0 aliphatic carbocycles. The van der Waals surface area contributed by atoms with Gasteiger partial charge in [0.2, 0.25) is 5.91 Å². The Morgan fingerprint density at radius 1 is 1.25 bits per heavy atom. The molecule has 92 valence electrons. The fourth-order valence-corrected chi connectivity index (χ4v) is 2.82. The lowest BCUT2D eigenvalue weighted by molar-refractivity contribution is -0.133. The van der Waals surface area contributed by atoms with Gasteiger partial charge in [-0.25, -0.2) is 0 Å². The zero-order valence-corrected chi connectivity index (χ0v) is 10.6. The Morgan fingerprint density at radius 2 is 1.81 bits per heavy atom. The van der Waals surface area contributed by atoms with E-state index < -0.39 is 5.97 Å². The molecule has 0 aromatic heterocycles. The molecule has 1 aliphatic heterocycles. The third-order valence-electron chi connectivity index (χ3n) is 2.67. The molecule has 1 heterocycles. The molecule has 0 aromatic rings. The number of hydrogen-bond acceptors (Lipinski definition) is 3. The van der Waals surface area contributed by atoms with Crippen molar-refractivity contribution in [3.8, 4) is 0 Å². The average Bonchev–Trinajstić information content (AvgIpc) is 2.15. The predicted molar refractivity (Wildman–Crippen MR) is 64.5 cm³/mol. The number of likely N-dealkylation sites (tertiary alicyclic amines) is 1. The van der Waals surface area contributed by atoms with Crippen LogP contribution in [-0.4, -0.2) is 46.5 Å². The Bertz CT molecular complexity index is 260. The summed E-state index contributed by atoms with van der Waals surface area (Å²) >= 11 is 1.17. The topological polar surface area (TPSA) is 57.6 Å². The van der Waals surface area contributed by atoms with E-state index in [1.807, 2.05) is 4.90 Å². The van der Waals surface area contributed by atoms with Crippen molar-refractivity contribution >= 4 is 23.6 Å². The largest absolute Gasteiger partial charge is 0.481 e. The van der Waals surface area contributed by atoms with Crippen LogP contribution in [0.25, 0.3) is 0 Å². The number of carboxylic acids is 1. The van der Waals surface area contributed by atoms with Crippen LogP contribution >= 0.6 is 11.8 Å². The minimum Gasteiger partial charge on any atom is -0.481 e. The zero-order chi connectivity index (χ0) is 12.1. The van der Waals surface area contributed by atoms with E-state index in [1.54, 1.807) is 0 Å². The van der Waals surface area contributed by atoms with Crippen molar-refractivity contribution < 1.29 is 14.7 Å². The first-order valence-electron chi connectivity index (χ1n) is 5.56. The number of amides is 1. The molecule has 1 saturated heterocycles. The average molecular weight is 245 g/mol. The van der Waals surface area contributed by atoms with Crippen LogP contribution in [0.2, 0.25) is 0 Å². The van der Waals surface area contributed by atoms with Gasteiger partial charge in [0.15, 0.2) is 0 Å². The number of rotatable bonds is 4. The normalized spacial score (nSPS) is 25.5. The highest BCUT2D eigenvalue weighted by molar-refractivity contribution is 8.00. The van der Waals surface area contributed by atoms with Gasteiger partial charge in [0.1, 0.15) is 0 Å². The summed E-state index contributed by atoms with van der Waals surface area (Å²) < 4.78 is 0. The number of aliphatic carboxylic acids is 1. The van der Waals surface area contributed by atoms with Gasteiger partial charge in [0, 0.05) is 13.1 Å². The van der Waals surface area contributed by atoms with E-state index in [0.29, 0.717) is 11.8 Å². The summed E-state index contributed by atoms with van der Waals surface area (Å²) in [6.45, 7) is 5.94. The van der Waals surface area contributed by atoms with Crippen LogP contribution in [0.5, 0.6) is 0 Å². The highest BCUT2D eigenvalue weighted by Crippen LogP contribution is 2.21. The first-order valence-corrected chi connectivity index (χ1v) is 6.71. The minimum absolute atomic E-state index is 0.00465. The summed E-state index contributed by atoms with van der Waals surface area (Å²) in [6.07, 6.45) is 1.17. The maximum absolute atomic E-state index is 11.8. The maximum atomic E-state index is 11.8. The maximum Gasteiger partial charge on any atom is 0.313 e. The second kappa shape index (κ2) is 6.13. The van der Waals surface area contributed by atoms with Crippen molar-refractivity contribution in [2.24, 2.45) is 11.8 Å². The van der Waals surface area contributed by atoms with Gasteiger partial charge in [-0.15, -0.1) is 11.8 Å². The summed E-state index contributed by atoms with van der Waals surface area (Å²) in [5.41, 5.74) is 0. The molecule has 0 bridgehead atoms. The molecule has 5 heteroatoms. The lowest BCUT2D eigenvalue weighted by Crippen LogP contribution is -2.43. The molecule has 0 unspecified atom stereocenters. The van der Waals surface area contributed by atoms with Crippen molar-refractivity contribution in [3.63, 3.8) is 0 Å².